The lowest BCUT2D eigenvalue weighted by Crippen LogP contribution is -2.41. The van der Waals surface area contributed by atoms with E-state index in [4.69, 9.17) is 0 Å². The first-order valence-corrected chi connectivity index (χ1v) is 6.58. The van der Waals surface area contributed by atoms with E-state index in [0.29, 0.717) is 6.54 Å². The standard InChI is InChI=1S/C14H18F2N2O2/c1-18(13(19)12-3-2-8-17-12)9-10-4-6-11(7-5-10)20-14(15)16/h4-7,12,14,17H,2-3,8-9H2,1H3/t12-/m0/s1. The van der Waals surface area contributed by atoms with E-state index in [9.17, 15) is 13.6 Å². The van der Waals surface area contributed by atoms with E-state index >= 15 is 0 Å². The van der Waals surface area contributed by atoms with Gasteiger partial charge in [-0.05, 0) is 37.1 Å². The number of rotatable bonds is 5. The van der Waals surface area contributed by atoms with Gasteiger partial charge in [-0.25, -0.2) is 0 Å². The third kappa shape index (κ3) is 3.90. The van der Waals surface area contributed by atoms with Crippen LogP contribution in [0.15, 0.2) is 24.3 Å². The summed E-state index contributed by atoms with van der Waals surface area (Å²) in [5.74, 6) is 0.186. The largest absolute Gasteiger partial charge is 0.435 e. The van der Waals surface area contributed by atoms with Crippen molar-refractivity contribution in [2.45, 2.75) is 32.0 Å². The van der Waals surface area contributed by atoms with Gasteiger partial charge in [-0.3, -0.25) is 4.79 Å². The Kier molecular flexibility index (Phi) is 4.89. The van der Waals surface area contributed by atoms with Gasteiger partial charge in [-0.15, -0.1) is 0 Å². The van der Waals surface area contributed by atoms with Crippen LogP contribution >= 0.6 is 0 Å². The topological polar surface area (TPSA) is 41.6 Å². The Labute approximate surface area is 116 Å². The van der Waals surface area contributed by atoms with Gasteiger partial charge >= 0.3 is 6.61 Å². The zero-order valence-electron chi connectivity index (χ0n) is 11.3. The highest BCUT2D eigenvalue weighted by Gasteiger charge is 2.24. The van der Waals surface area contributed by atoms with E-state index in [1.54, 1.807) is 24.1 Å². The van der Waals surface area contributed by atoms with Crippen LogP contribution in [0.25, 0.3) is 0 Å². The Balaban J connectivity index is 1.90. The number of amides is 1. The van der Waals surface area contributed by atoms with Crippen LogP contribution in [0.4, 0.5) is 8.78 Å². The Morgan fingerprint density at radius 2 is 2.15 bits per heavy atom. The van der Waals surface area contributed by atoms with E-state index in [1.807, 2.05) is 0 Å². The first-order valence-electron chi connectivity index (χ1n) is 6.58. The third-order valence-corrected chi connectivity index (χ3v) is 3.30. The fourth-order valence-electron chi connectivity index (χ4n) is 2.29. The van der Waals surface area contributed by atoms with Crippen LogP contribution in [-0.4, -0.2) is 37.1 Å². The van der Waals surface area contributed by atoms with Gasteiger partial charge in [-0.2, -0.15) is 8.78 Å². The first-order chi connectivity index (χ1) is 9.56. The van der Waals surface area contributed by atoms with Crippen LogP contribution in [0.3, 0.4) is 0 Å². The summed E-state index contributed by atoms with van der Waals surface area (Å²) in [5, 5.41) is 3.16. The molecule has 0 radical (unpaired) electrons. The molecule has 1 aliphatic heterocycles. The number of hydrogen-bond acceptors (Lipinski definition) is 3. The fraction of sp³-hybridized carbons (Fsp3) is 0.500. The van der Waals surface area contributed by atoms with Crippen LogP contribution in [-0.2, 0) is 11.3 Å². The Morgan fingerprint density at radius 1 is 1.45 bits per heavy atom. The zero-order chi connectivity index (χ0) is 14.5. The number of nitrogens with zero attached hydrogens (tertiary/aromatic N) is 1. The average molecular weight is 284 g/mol. The minimum Gasteiger partial charge on any atom is -0.435 e. The van der Waals surface area contributed by atoms with Crippen LogP contribution in [0.5, 0.6) is 5.75 Å². The highest BCUT2D eigenvalue weighted by molar-refractivity contribution is 5.81. The van der Waals surface area contributed by atoms with Gasteiger partial charge in [0, 0.05) is 13.6 Å². The molecule has 1 aromatic carbocycles. The van der Waals surface area contributed by atoms with Crippen LogP contribution < -0.4 is 10.1 Å². The molecular weight excluding hydrogens is 266 g/mol. The second-order valence-electron chi connectivity index (χ2n) is 4.87. The van der Waals surface area contributed by atoms with Gasteiger partial charge in [0.1, 0.15) is 5.75 Å². The molecule has 1 aliphatic rings. The lowest BCUT2D eigenvalue weighted by atomic mass is 10.1. The lowest BCUT2D eigenvalue weighted by Gasteiger charge is -2.21. The molecule has 110 valence electrons. The van der Waals surface area contributed by atoms with E-state index in [2.05, 4.69) is 10.1 Å². The quantitative estimate of drug-likeness (QED) is 0.899. The summed E-state index contributed by atoms with van der Waals surface area (Å²) in [6.07, 6.45) is 1.88. The predicted molar refractivity (Wildman–Crippen MR) is 70.6 cm³/mol. The van der Waals surface area contributed by atoms with E-state index in [0.717, 1.165) is 24.9 Å². The summed E-state index contributed by atoms with van der Waals surface area (Å²) < 4.78 is 28.3. The molecule has 0 bridgehead atoms. The smallest absolute Gasteiger partial charge is 0.387 e. The van der Waals surface area contributed by atoms with Crippen molar-refractivity contribution in [2.24, 2.45) is 0 Å². The minimum absolute atomic E-state index is 0.0652. The normalized spacial score (nSPS) is 18.3. The summed E-state index contributed by atoms with van der Waals surface area (Å²) in [5.41, 5.74) is 0.875. The number of nitrogens with one attached hydrogen (secondary N) is 1. The van der Waals surface area contributed by atoms with Crippen molar-refractivity contribution in [3.05, 3.63) is 29.8 Å². The second-order valence-corrected chi connectivity index (χ2v) is 4.87. The zero-order valence-corrected chi connectivity index (χ0v) is 11.3. The van der Waals surface area contributed by atoms with Gasteiger partial charge in [0.05, 0.1) is 6.04 Å². The Morgan fingerprint density at radius 3 is 2.70 bits per heavy atom. The Bertz CT molecular complexity index is 445. The maximum atomic E-state index is 12.1. The number of ether oxygens (including phenoxy) is 1. The van der Waals surface area contributed by atoms with Gasteiger partial charge in [0.15, 0.2) is 0 Å². The summed E-state index contributed by atoms with van der Waals surface area (Å²) in [6, 6.07) is 6.23. The number of alkyl halides is 2. The molecule has 0 unspecified atom stereocenters. The summed E-state index contributed by atoms with van der Waals surface area (Å²) >= 11 is 0. The molecule has 0 saturated carbocycles. The third-order valence-electron chi connectivity index (χ3n) is 3.30. The monoisotopic (exact) mass is 284 g/mol. The van der Waals surface area contributed by atoms with Crippen LogP contribution in [0, 0.1) is 0 Å². The van der Waals surface area contributed by atoms with Crippen molar-refractivity contribution in [3.63, 3.8) is 0 Å². The SMILES string of the molecule is CN(Cc1ccc(OC(F)F)cc1)C(=O)[C@@H]1CCCN1. The Hall–Kier alpha value is -1.69. The van der Waals surface area contributed by atoms with Gasteiger partial charge in [-0.1, -0.05) is 12.1 Å². The molecule has 1 saturated heterocycles. The summed E-state index contributed by atoms with van der Waals surface area (Å²) in [6.45, 7) is -1.49. The number of hydrogen-bond donors (Lipinski definition) is 1. The second kappa shape index (κ2) is 6.65. The molecule has 0 spiro atoms. The van der Waals surface area contributed by atoms with Crippen molar-refractivity contribution in [1.82, 2.24) is 10.2 Å². The number of carbonyl (C=O) groups is 1. The average Bonchev–Trinajstić information content (AvgIpc) is 2.93. The molecule has 1 aromatic rings. The molecule has 1 atom stereocenters. The van der Waals surface area contributed by atoms with E-state index < -0.39 is 6.61 Å². The minimum atomic E-state index is -2.82. The van der Waals surface area contributed by atoms with Crippen molar-refractivity contribution in [2.75, 3.05) is 13.6 Å². The first kappa shape index (κ1) is 14.7. The van der Waals surface area contributed by atoms with Gasteiger partial charge in [0.25, 0.3) is 0 Å². The number of benzene rings is 1. The van der Waals surface area contributed by atoms with Gasteiger partial charge in [0.2, 0.25) is 5.91 Å². The molecule has 1 amide bonds. The van der Waals surface area contributed by atoms with E-state index in [1.165, 1.54) is 12.1 Å². The molecule has 20 heavy (non-hydrogen) atoms. The maximum Gasteiger partial charge on any atom is 0.387 e. The number of likely N-dealkylation sites (N-methyl/N-ethyl adjacent to an activating group) is 1. The van der Waals surface area contributed by atoms with Crippen LogP contribution in [0.1, 0.15) is 18.4 Å². The fourth-order valence-corrected chi connectivity index (χ4v) is 2.29. The van der Waals surface area contributed by atoms with Crippen LogP contribution in [0.2, 0.25) is 0 Å². The molecule has 2 rings (SSSR count). The lowest BCUT2D eigenvalue weighted by molar-refractivity contribution is -0.132. The molecule has 0 aromatic heterocycles. The van der Waals surface area contributed by atoms with Gasteiger partial charge < -0.3 is 15.0 Å². The van der Waals surface area contributed by atoms with Crippen molar-refractivity contribution >= 4 is 5.91 Å². The molecule has 6 heteroatoms. The molecule has 1 fully saturated rings. The summed E-state index contributed by atoms with van der Waals surface area (Å²) in [7, 11) is 1.74. The molecule has 0 aliphatic carbocycles. The molecule has 1 N–H and O–H groups in total. The maximum absolute atomic E-state index is 12.1. The van der Waals surface area contributed by atoms with Crippen molar-refractivity contribution < 1.29 is 18.3 Å². The van der Waals surface area contributed by atoms with Crippen molar-refractivity contribution in [1.29, 1.82) is 0 Å². The highest BCUT2D eigenvalue weighted by atomic mass is 19.3. The van der Waals surface area contributed by atoms with E-state index in [-0.39, 0.29) is 17.7 Å². The van der Waals surface area contributed by atoms with Crippen molar-refractivity contribution in [3.8, 4) is 5.75 Å². The highest BCUT2D eigenvalue weighted by Crippen LogP contribution is 2.16. The number of carbonyl (C=O) groups excluding carboxylic acids is 1. The summed E-state index contributed by atoms with van der Waals surface area (Å²) in [4.78, 5) is 13.7. The predicted octanol–water partition coefficient (Wildman–Crippen LogP) is 2.00. The molecule has 1 heterocycles. The number of halogens is 2. The molecule has 4 nitrogen and oxygen atoms in total. The molecular formula is C14H18F2N2O2.